The number of aliphatic imine (C=N–C) groups is 1. The normalized spacial score (nSPS) is 17.4. The summed E-state index contributed by atoms with van der Waals surface area (Å²) in [5, 5.41) is 0. The summed E-state index contributed by atoms with van der Waals surface area (Å²) in [4.78, 5) is 22.9. The minimum absolute atomic E-state index is 0.0111. The van der Waals surface area contributed by atoms with Crippen LogP contribution in [-0.2, 0) is 22.1 Å². The van der Waals surface area contributed by atoms with Gasteiger partial charge in [-0.25, -0.2) is 4.39 Å². The van der Waals surface area contributed by atoms with Crippen LogP contribution < -0.4 is 5.73 Å². The molecule has 1 aliphatic heterocycles. The molecule has 0 bridgehead atoms. The topological polar surface area (TPSA) is 80.8 Å². The number of nitrogens with zero attached hydrogens (tertiary/aromatic N) is 3. The van der Waals surface area contributed by atoms with Crippen LogP contribution in [0, 0.1) is 5.82 Å². The summed E-state index contributed by atoms with van der Waals surface area (Å²) >= 11 is 0. The number of alkyl halides is 3. The maximum absolute atomic E-state index is 13.7. The van der Waals surface area contributed by atoms with Crippen molar-refractivity contribution in [3.63, 3.8) is 0 Å². The van der Waals surface area contributed by atoms with E-state index in [2.05, 4.69) is 9.98 Å². The lowest BCUT2D eigenvalue weighted by atomic mass is 10.0. The molecular weight excluding hydrogens is 428 g/mol. The number of methoxy groups -OCH3 is 1. The average molecular weight is 450 g/mol. The predicted octanol–water partition coefficient (Wildman–Crippen LogP) is 3.62. The van der Waals surface area contributed by atoms with Crippen molar-refractivity contribution in [3.05, 3.63) is 70.9 Å². The van der Waals surface area contributed by atoms with E-state index in [0.717, 1.165) is 12.1 Å². The van der Waals surface area contributed by atoms with Gasteiger partial charge in [-0.05, 0) is 35.9 Å². The Bertz CT molecular complexity index is 1050. The number of hydrogen-bond donors (Lipinski definition) is 1. The van der Waals surface area contributed by atoms with E-state index >= 15 is 0 Å². The van der Waals surface area contributed by atoms with E-state index in [9.17, 15) is 22.4 Å². The Hall–Kier alpha value is -3.27. The van der Waals surface area contributed by atoms with Crippen LogP contribution in [-0.4, -0.2) is 48.3 Å². The number of amides is 1. The molecule has 10 heteroatoms. The number of hydrogen-bond acceptors (Lipinski definition) is 5. The zero-order valence-corrected chi connectivity index (χ0v) is 17.3. The van der Waals surface area contributed by atoms with Crippen molar-refractivity contribution in [1.29, 1.82) is 0 Å². The van der Waals surface area contributed by atoms with Crippen LogP contribution in [0.2, 0.25) is 0 Å². The second-order valence-electron chi connectivity index (χ2n) is 7.20. The monoisotopic (exact) mass is 450 g/mol. The molecule has 2 heterocycles. The summed E-state index contributed by atoms with van der Waals surface area (Å²) in [6.45, 7) is 1.30. The first-order valence-corrected chi connectivity index (χ1v) is 9.81. The van der Waals surface area contributed by atoms with E-state index in [1.165, 1.54) is 12.4 Å². The highest BCUT2D eigenvalue weighted by molar-refractivity contribution is 6.23. The van der Waals surface area contributed by atoms with Crippen LogP contribution >= 0.6 is 0 Å². The summed E-state index contributed by atoms with van der Waals surface area (Å²) in [6, 6.07) is 5.59. The maximum Gasteiger partial charge on any atom is 0.416 e. The Morgan fingerprint density at radius 3 is 2.75 bits per heavy atom. The summed E-state index contributed by atoms with van der Waals surface area (Å²) in [5.41, 5.74) is 6.41. The fraction of sp³-hybridized carbons (Fsp3) is 0.318. The van der Waals surface area contributed by atoms with Crippen molar-refractivity contribution < 1.29 is 27.1 Å². The standard InChI is InChI=1S/C22H22F4N4O2/c1-32-7-6-30-5-3-20(19(13-27)21(30)31)29-17-2-4-28-18(12-17)10-14-8-15(22(24,25)26)11-16(23)9-14/h2,4,8-9,11-13H,3,5-7,10,27H2,1H3/b19-13+,29-20?. The van der Waals surface area contributed by atoms with Crippen LogP contribution in [0.1, 0.15) is 23.2 Å². The number of piperidine rings is 1. The average Bonchev–Trinajstić information content (AvgIpc) is 2.73. The highest BCUT2D eigenvalue weighted by atomic mass is 19.4. The smallest absolute Gasteiger partial charge is 0.404 e. The molecule has 32 heavy (non-hydrogen) atoms. The van der Waals surface area contributed by atoms with E-state index in [0.29, 0.717) is 49.3 Å². The fourth-order valence-electron chi connectivity index (χ4n) is 3.38. The molecule has 1 aromatic heterocycles. The van der Waals surface area contributed by atoms with E-state index in [1.54, 1.807) is 24.1 Å². The second kappa shape index (κ2) is 9.90. The van der Waals surface area contributed by atoms with Gasteiger partial charge in [-0.15, -0.1) is 0 Å². The van der Waals surface area contributed by atoms with Gasteiger partial charge in [0.25, 0.3) is 5.91 Å². The molecule has 3 rings (SSSR count). The number of halogens is 4. The number of rotatable bonds is 6. The third kappa shape index (κ3) is 5.70. The highest BCUT2D eigenvalue weighted by Crippen LogP contribution is 2.31. The van der Waals surface area contributed by atoms with Crippen LogP contribution in [0.4, 0.5) is 23.2 Å². The van der Waals surface area contributed by atoms with Gasteiger partial charge in [0.1, 0.15) is 5.82 Å². The SMILES string of the molecule is COCCN1CCC(=Nc2ccnc(Cc3cc(F)cc(C(F)(F)F)c3)c2)/C(=C\N)C1=O. The van der Waals surface area contributed by atoms with E-state index < -0.39 is 17.6 Å². The molecular formula is C22H22F4N4O2. The molecule has 1 aliphatic rings. The molecule has 0 unspecified atom stereocenters. The highest BCUT2D eigenvalue weighted by Gasteiger charge is 2.31. The zero-order chi connectivity index (χ0) is 23.3. The minimum atomic E-state index is -4.65. The van der Waals surface area contributed by atoms with Crippen molar-refractivity contribution in [2.24, 2.45) is 10.7 Å². The van der Waals surface area contributed by atoms with Crippen LogP contribution in [0.3, 0.4) is 0 Å². The molecule has 1 aromatic carbocycles. The van der Waals surface area contributed by atoms with Gasteiger partial charge in [-0.1, -0.05) is 0 Å². The van der Waals surface area contributed by atoms with Crippen molar-refractivity contribution in [3.8, 4) is 0 Å². The molecule has 0 radical (unpaired) electrons. The molecule has 6 nitrogen and oxygen atoms in total. The molecule has 2 aromatic rings. The third-order valence-corrected chi connectivity index (χ3v) is 4.91. The summed E-state index contributed by atoms with van der Waals surface area (Å²) in [6.07, 6.45) is -1.50. The molecule has 2 N–H and O–H groups in total. The Labute approximate surface area is 182 Å². The number of ether oxygens (including phenoxy) is 1. The molecule has 170 valence electrons. The van der Waals surface area contributed by atoms with Crippen molar-refractivity contribution in [2.75, 3.05) is 26.8 Å². The van der Waals surface area contributed by atoms with Crippen LogP contribution in [0.5, 0.6) is 0 Å². The summed E-state index contributed by atoms with van der Waals surface area (Å²) in [5.74, 6) is -1.22. The molecule has 0 aliphatic carbocycles. The lowest BCUT2D eigenvalue weighted by molar-refractivity contribution is -0.137. The number of carbonyl (C=O) groups excluding carboxylic acids is 1. The minimum Gasteiger partial charge on any atom is -0.404 e. The lowest BCUT2D eigenvalue weighted by Gasteiger charge is -2.29. The van der Waals surface area contributed by atoms with E-state index in [4.69, 9.17) is 10.5 Å². The molecule has 0 saturated carbocycles. The quantitative estimate of drug-likeness (QED) is 0.539. The maximum atomic E-state index is 13.7. The van der Waals surface area contributed by atoms with Crippen molar-refractivity contribution >= 4 is 17.3 Å². The number of nitrogens with two attached hydrogens (primary N) is 1. The summed E-state index contributed by atoms with van der Waals surface area (Å²) in [7, 11) is 1.55. The molecule has 1 fully saturated rings. The van der Waals surface area contributed by atoms with Gasteiger partial charge in [0, 0.05) is 51.1 Å². The fourth-order valence-corrected chi connectivity index (χ4v) is 3.38. The number of carbonyl (C=O) groups is 1. The number of likely N-dealkylation sites (tertiary alicyclic amines) is 1. The van der Waals surface area contributed by atoms with Gasteiger partial charge in [0.15, 0.2) is 0 Å². The number of aromatic nitrogens is 1. The lowest BCUT2D eigenvalue weighted by Crippen LogP contribution is -2.43. The van der Waals surface area contributed by atoms with Crippen molar-refractivity contribution in [2.45, 2.75) is 19.0 Å². The van der Waals surface area contributed by atoms with Crippen LogP contribution in [0.15, 0.2) is 53.3 Å². The molecule has 0 atom stereocenters. The summed E-state index contributed by atoms with van der Waals surface area (Å²) < 4.78 is 57.6. The van der Waals surface area contributed by atoms with Gasteiger partial charge in [0.2, 0.25) is 0 Å². The number of benzene rings is 1. The molecule has 1 saturated heterocycles. The first-order valence-electron chi connectivity index (χ1n) is 9.81. The van der Waals surface area contributed by atoms with Gasteiger partial charge >= 0.3 is 6.18 Å². The second-order valence-corrected chi connectivity index (χ2v) is 7.20. The Morgan fingerprint density at radius 2 is 2.06 bits per heavy atom. The third-order valence-electron chi connectivity index (χ3n) is 4.91. The van der Waals surface area contributed by atoms with Gasteiger partial charge in [-0.3, -0.25) is 14.8 Å². The first kappa shape index (κ1) is 23.4. The zero-order valence-electron chi connectivity index (χ0n) is 17.3. The Balaban J connectivity index is 1.82. The molecule has 1 amide bonds. The van der Waals surface area contributed by atoms with Gasteiger partial charge in [-0.2, -0.15) is 13.2 Å². The Kier molecular flexibility index (Phi) is 7.24. The van der Waals surface area contributed by atoms with Crippen molar-refractivity contribution in [1.82, 2.24) is 9.88 Å². The van der Waals surface area contributed by atoms with E-state index in [1.807, 2.05) is 0 Å². The van der Waals surface area contributed by atoms with Gasteiger partial charge in [0.05, 0.1) is 29.1 Å². The first-order chi connectivity index (χ1) is 15.2. The predicted molar refractivity (Wildman–Crippen MR) is 111 cm³/mol. The van der Waals surface area contributed by atoms with Crippen LogP contribution in [0.25, 0.3) is 0 Å². The van der Waals surface area contributed by atoms with E-state index in [-0.39, 0.29) is 23.5 Å². The van der Waals surface area contributed by atoms with Gasteiger partial charge < -0.3 is 15.4 Å². The Morgan fingerprint density at radius 1 is 1.28 bits per heavy atom. The largest absolute Gasteiger partial charge is 0.416 e. The number of pyridine rings is 1. The molecule has 0 spiro atoms.